The van der Waals surface area contributed by atoms with Crippen LogP contribution in [0, 0.1) is 0 Å². The lowest BCUT2D eigenvalue weighted by molar-refractivity contribution is 0.0930. The van der Waals surface area contributed by atoms with E-state index < -0.39 is 22.0 Å². The summed E-state index contributed by atoms with van der Waals surface area (Å²) in [6.07, 6.45) is 1.36. The maximum atomic E-state index is 12.2. The van der Waals surface area contributed by atoms with Crippen LogP contribution in [0.3, 0.4) is 0 Å². The first-order chi connectivity index (χ1) is 9.85. The highest BCUT2D eigenvalue weighted by molar-refractivity contribution is 7.89. The molecule has 0 fully saturated rings. The number of nitrogens with zero attached hydrogens (tertiary/aromatic N) is 4. The zero-order chi connectivity index (χ0) is 15.6. The van der Waals surface area contributed by atoms with Gasteiger partial charge in [-0.25, -0.2) is 13.1 Å². The van der Waals surface area contributed by atoms with Gasteiger partial charge in [0.05, 0.1) is 6.04 Å². The molecule has 11 heteroatoms. The first-order valence-corrected chi connectivity index (χ1v) is 7.47. The average molecular weight is 313 g/mol. The van der Waals surface area contributed by atoms with Crippen molar-refractivity contribution in [1.29, 1.82) is 0 Å². The number of hydrogen-bond acceptors (Lipinski definition) is 6. The zero-order valence-electron chi connectivity index (χ0n) is 11.7. The van der Waals surface area contributed by atoms with E-state index in [4.69, 9.17) is 0 Å². The molecule has 0 saturated heterocycles. The van der Waals surface area contributed by atoms with Gasteiger partial charge in [-0.3, -0.25) is 4.79 Å². The van der Waals surface area contributed by atoms with Crippen LogP contribution < -0.4 is 10.0 Å². The van der Waals surface area contributed by atoms with E-state index in [2.05, 4.69) is 30.7 Å². The van der Waals surface area contributed by atoms with Crippen molar-refractivity contribution in [1.82, 2.24) is 35.2 Å². The van der Waals surface area contributed by atoms with Gasteiger partial charge in [-0.1, -0.05) is 5.21 Å². The minimum Gasteiger partial charge on any atom is -0.345 e. The van der Waals surface area contributed by atoms with Gasteiger partial charge in [0.1, 0.15) is 10.6 Å². The third-order valence-electron chi connectivity index (χ3n) is 2.89. The van der Waals surface area contributed by atoms with E-state index in [9.17, 15) is 13.2 Å². The van der Waals surface area contributed by atoms with Crippen LogP contribution in [-0.4, -0.2) is 46.6 Å². The van der Waals surface area contributed by atoms with Crippen LogP contribution in [0.2, 0.25) is 0 Å². The summed E-state index contributed by atoms with van der Waals surface area (Å²) in [6.45, 7) is 1.69. The summed E-state index contributed by atoms with van der Waals surface area (Å²) in [6, 6.07) is 0.833. The van der Waals surface area contributed by atoms with Gasteiger partial charge < -0.3 is 9.88 Å². The van der Waals surface area contributed by atoms with E-state index in [0.717, 1.165) is 0 Å². The number of H-pyrrole nitrogens is 1. The lowest BCUT2D eigenvalue weighted by Gasteiger charge is -2.10. The number of aromatic nitrogens is 5. The van der Waals surface area contributed by atoms with Gasteiger partial charge in [0, 0.05) is 13.2 Å². The SMILES string of the molecule is CNS(=O)(=O)c1cc(C(=O)NC(C)c2nn[nH]n2)n(C)c1. The van der Waals surface area contributed by atoms with Gasteiger partial charge in [0.2, 0.25) is 10.0 Å². The molecule has 0 bridgehead atoms. The Balaban J connectivity index is 2.20. The molecule has 0 saturated carbocycles. The van der Waals surface area contributed by atoms with E-state index in [1.54, 1.807) is 14.0 Å². The first kappa shape index (κ1) is 15.1. The highest BCUT2D eigenvalue weighted by atomic mass is 32.2. The van der Waals surface area contributed by atoms with Crippen LogP contribution in [0.25, 0.3) is 0 Å². The fourth-order valence-electron chi connectivity index (χ4n) is 1.71. The van der Waals surface area contributed by atoms with Crippen LogP contribution in [0.15, 0.2) is 17.2 Å². The number of carbonyl (C=O) groups excluding carboxylic acids is 1. The van der Waals surface area contributed by atoms with E-state index >= 15 is 0 Å². The molecule has 3 N–H and O–H groups in total. The molecule has 0 radical (unpaired) electrons. The van der Waals surface area contributed by atoms with Gasteiger partial charge in [-0.05, 0) is 20.0 Å². The lowest BCUT2D eigenvalue weighted by atomic mass is 10.3. The van der Waals surface area contributed by atoms with E-state index in [0.29, 0.717) is 5.82 Å². The van der Waals surface area contributed by atoms with Crippen molar-refractivity contribution in [3.8, 4) is 0 Å². The first-order valence-electron chi connectivity index (χ1n) is 5.99. The molecule has 2 heterocycles. The molecular weight excluding hydrogens is 298 g/mol. The second kappa shape index (κ2) is 5.61. The van der Waals surface area contributed by atoms with Crippen LogP contribution >= 0.6 is 0 Å². The molecule has 0 spiro atoms. The number of aryl methyl sites for hydroxylation is 1. The van der Waals surface area contributed by atoms with Gasteiger partial charge in [-0.2, -0.15) is 5.21 Å². The van der Waals surface area contributed by atoms with Crippen LogP contribution in [0.5, 0.6) is 0 Å². The van der Waals surface area contributed by atoms with Crippen LogP contribution in [-0.2, 0) is 17.1 Å². The monoisotopic (exact) mass is 313 g/mol. The quantitative estimate of drug-likeness (QED) is 0.644. The van der Waals surface area contributed by atoms with Crippen LogP contribution in [0.4, 0.5) is 0 Å². The summed E-state index contributed by atoms with van der Waals surface area (Å²) >= 11 is 0. The van der Waals surface area contributed by atoms with Gasteiger partial charge >= 0.3 is 0 Å². The highest BCUT2D eigenvalue weighted by Crippen LogP contribution is 2.14. The summed E-state index contributed by atoms with van der Waals surface area (Å²) in [5, 5.41) is 15.9. The van der Waals surface area contributed by atoms with Crippen molar-refractivity contribution >= 4 is 15.9 Å². The molecular formula is C10H15N7O3S. The van der Waals surface area contributed by atoms with Gasteiger partial charge in [0.25, 0.3) is 5.91 Å². The minimum absolute atomic E-state index is 0.0184. The molecule has 0 aliphatic heterocycles. The predicted molar refractivity (Wildman–Crippen MR) is 71.7 cm³/mol. The molecule has 1 atom stereocenters. The number of amides is 1. The van der Waals surface area contributed by atoms with E-state index in [-0.39, 0.29) is 10.6 Å². The summed E-state index contributed by atoms with van der Waals surface area (Å²) in [4.78, 5) is 12.2. The summed E-state index contributed by atoms with van der Waals surface area (Å²) in [7, 11) is -0.704. The molecule has 0 aliphatic rings. The summed E-state index contributed by atoms with van der Waals surface area (Å²) in [5.74, 6) is -0.104. The van der Waals surface area contributed by atoms with Gasteiger partial charge in [-0.15, -0.1) is 10.2 Å². The Hall–Kier alpha value is -2.27. The van der Waals surface area contributed by atoms with E-state index in [1.807, 2.05) is 0 Å². The molecule has 2 rings (SSSR count). The van der Waals surface area contributed by atoms with Crippen molar-refractivity contribution in [3.63, 3.8) is 0 Å². The number of rotatable bonds is 5. The molecule has 10 nitrogen and oxygen atoms in total. The molecule has 2 aromatic heterocycles. The Morgan fingerprint density at radius 3 is 2.76 bits per heavy atom. The largest absolute Gasteiger partial charge is 0.345 e. The topological polar surface area (TPSA) is 135 Å². The number of aromatic amines is 1. The number of carbonyl (C=O) groups is 1. The highest BCUT2D eigenvalue weighted by Gasteiger charge is 2.21. The number of nitrogens with one attached hydrogen (secondary N) is 3. The predicted octanol–water partition coefficient (Wildman–Crippen LogP) is -1.06. The zero-order valence-corrected chi connectivity index (χ0v) is 12.5. The lowest BCUT2D eigenvalue weighted by Crippen LogP contribution is -2.28. The Bertz CT molecular complexity index is 735. The number of tetrazole rings is 1. The standard InChI is InChI=1S/C10H15N7O3S/c1-6(9-13-15-16-14-9)12-10(18)8-4-7(5-17(8)3)21(19,20)11-2/h4-6,11H,1-3H3,(H,12,18)(H,13,14,15,16). The molecule has 114 valence electrons. The van der Waals surface area contributed by atoms with Crippen molar-refractivity contribution in [3.05, 3.63) is 23.8 Å². The van der Waals surface area contributed by atoms with Crippen molar-refractivity contribution in [2.24, 2.45) is 7.05 Å². The molecule has 21 heavy (non-hydrogen) atoms. The van der Waals surface area contributed by atoms with Crippen molar-refractivity contribution in [2.75, 3.05) is 7.05 Å². The maximum Gasteiger partial charge on any atom is 0.268 e. The number of hydrogen-bond donors (Lipinski definition) is 3. The third-order valence-corrected chi connectivity index (χ3v) is 4.27. The smallest absolute Gasteiger partial charge is 0.268 e. The Morgan fingerprint density at radius 2 is 2.19 bits per heavy atom. The molecule has 1 amide bonds. The average Bonchev–Trinajstić information content (AvgIpc) is 3.07. The fraction of sp³-hybridized carbons (Fsp3) is 0.400. The van der Waals surface area contributed by atoms with Gasteiger partial charge in [0.15, 0.2) is 5.82 Å². The Kier molecular flexibility index (Phi) is 4.04. The second-order valence-electron chi connectivity index (χ2n) is 4.34. The minimum atomic E-state index is -3.60. The molecule has 1 unspecified atom stereocenters. The second-order valence-corrected chi connectivity index (χ2v) is 6.23. The van der Waals surface area contributed by atoms with Crippen molar-refractivity contribution in [2.45, 2.75) is 17.9 Å². The Morgan fingerprint density at radius 1 is 1.48 bits per heavy atom. The molecule has 0 aromatic carbocycles. The summed E-state index contributed by atoms with van der Waals surface area (Å²) < 4.78 is 27.0. The maximum absolute atomic E-state index is 12.2. The van der Waals surface area contributed by atoms with E-state index in [1.165, 1.54) is 23.9 Å². The molecule has 2 aromatic rings. The molecule has 0 aliphatic carbocycles. The third kappa shape index (κ3) is 3.08. The number of sulfonamides is 1. The van der Waals surface area contributed by atoms with Crippen LogP contribution in [0.1, 0.15) is 29.3 Å². The summed E-state index contributed by atoms with van der Waals surface area (Å²) in [5.41, 5.74) is 0.208. The normalized spacial score (nSPS) is 13.1. The van der Waals surface area contributed by atoms with Crippen molar-refractivity contribution < 1.29 is 13.2 Å². The Labute approximate surface area is 121 Å². The fourth-order valence-corrected chi connectivity index (χ4v) is 2.51.